The molecular formula is C19H19N3OS. The first kappa shape index (κ1) is 16.2. The van der Waals surface area contributed by atoms with Crippen LogP contribution in [0.3, 0.4) is 0 Å². The molecule has 0 aliphatic rings. The lowest BCUT2D eigenvalue weighted by atomic mass is 10.1. The van der Waals surface area contributed by atoms with E-state index in [0.29, 0.717) is 0 Å². The van der Waals surface area contributed by atoms with E-state index in [9.17, 15) is 0 Å². The molecule has 0 saturated heterocycles. The number of hydrazone groups is 1. The molecule has 0 aliphatic carbocycles. The van der Waals surface area contributed by atoms with Gasteiger partial charge in [-0.1, -0.05) is 31.2 Å². The standard InChI is InChI=1S/C19H19N3OS/c1-3-14-4-6-15(7-5-14)12-20-22-19-21-18(13-24-19)16-8-10-17(23-2)11-9-16/h4-13H,3H2,1-2H3,(H,21,22). The van der Waals surface area contributed by atoms with Crippen molar-refractivity contribution in [3.8, 4) is 17.0 Å². The zero-order valence-corrected chi connectivity index (χ0v) is 14.5. The average Bonchev–Trinajstić information content (AvgIpc) is 3.11. The molecule has 0 radical (unpaired) electrons. The number of hydrogen-bond donors (Lipinski definition) is 1. The third-order valence-electron chi connectivity index (χ3n) is 3.65. The fourth-order valence-electron chi connectivity index (χ4n) is 2.22. The van der Waals surface area contributed by atoms with E-state index < -0.39 is 0 Å². The summed E-state index contributed by atoms with van der Waals surface area (Å²) in [5.41, 5.74) is 7.35. The predicted molar refractivity (Wildman–Crippen MR) is 101 cm³/mol. The molecule has 0 amide bonds. The highest BCUT2D eigenvalue weighted by Crippen LogP contribution is 2.26. The summed E-state index contributed by atoms with van der Waals surface area (Å²) in [5.74, 6) is 0.839. The highest BCUT2D eigenvalue weighted by molar-refractivity contribution is 7.14. The van der Waals surface area contributed by atoms with Gasteiger partial charge in [0, 0.05) is 10.9 Å². The third-order valence-corrected chi connectivity index (χ3v) is 4.40. The Bertz CT molecular complexity index is 807. The van der Waals surface area contributed by atoms with Crippen LogP contribution in [0.15, 0.2) is 59.0 Å². The average molecular weight is 337 g/mol. The van der Waals surface area contributed by atoms with Gasteiger partial charge >= 0.3 is 0 Å². The van der Waals surface area contributed by atoms with Crippen LogP contribution >= 0.6 is 11.3 Å². The van der Waals surface area contributed by atoms with Crippen LogP contribution in [0.4, 0.5) is 5.13 Å². The molecule has 1 heterocycles. The highest BCUT2D eigenvalue weighted by atomic mass is 32.1. The number of nitrogens with zero attached hydrogens (tertiary/aromatic N) is 2. The number of methoxy groups -OCH3 is 1. The van der Waals surface area contributed by atoms with Gasteiger partial charge in [-0.2, -0.15) is 5.10 Å². The van der Waals surface area contributed by atoms with Crippen LogP contribution in [-0.2, 0) is 6.42 Å². The first-order valence-corrected chi connectivity index (χ1v) is 8.64. The summed E-state index contributed by atoms with van der Waals surface area (Å²) in [6.45, 7) is 2.15. The molecule has 122 valence electrons. The molecule has 4 nitrogen and oxygen atoms in total. The summed E-state index contributed by atoms with van der Waals surface area (Å²) in [6.07, 6.45) is 2.84. The fraction of sp³-hybridized carbons (Fsp3) is 0.158. The van der Waals surface area contributed by atoms with Crippen LogP contribution in [-0.4, -0.2) is 18.3 Å². The van der Waals surface area contributed by atoms with Crippen molar-refractivity contribution in [2.75, 3.05) is 12.5 Å². The normalized spacial score (nSPS) is 10.9. The maximum absolute atomic E-state index is 5.17. The van der Waals surface area contributed by atoms with E-state index in [1.807, 2.05) is 29.6 Å². The van der Waals surface area contributed by atoms with Crippen LogP contribution in [0.25, 0.3) is 11.3 Å². The summed E-state index contributed by atoms with van der Waals surface area (Å²) in [7, 11) is 1.66. The van der Waals surface area contributed by atoms with Gasteiger partial charge in [-0.25, -0.2) is 4.98 Å². The first-order chi connectivity index (χ1) is 11.8. The maximum atomic E-state index is 5.17. The Morgan fingerprint density at radius 1 is 1.12 bits per heavy atom. The predicted octanol–water partition coefficient (Wildman–Crippen LogP) is 4.83. The second kappa shape index (κ2) is 7.75. The lowest BCUT2D eigenvalue weighted by Gasteiger charge is -2.00. The van der Waals surface area contributed by atoms with Gasteiger partial charge in [0.25, 0.3) is 0 Å². The quantitative estimate of drug-likeness (QED) is 0.518. The molecule has 2 aromatic carbocycles. The minimum Gasteiger partial charge on any atom is -0.497 e. The molecule has 0 bridgehead atoms. The summed E-state index contributed by atoms with van der Waals surface area (Å²) < 4.78 is 5.17. The summed E-state index contributed by atoms with van der Waals surface area (Å²) in [6, 6.07) is 16.2. The van der Waals surface area contributed by atoms with Gasteiger partial charge in [-0.15, -0.1) is 11.3 Å². The van der Waals surface area contributed by atoms with Crippen LogP contribution < -0.4 is 10.2 Å². The number of aryl methyl sites for hydroxylation is 1. The van der Waals surface area contributed by atoms with E-state index in [1.165, 1.54) is 16.9 Å². The van der Waals surface area contributed by atoms with Crippen molar-refractivity contribution in [3.05, 3.63) is 65.0 Å². The molecule has 0 atom stereocenters. The number of nitrogens with one attached hydrogen (secondary N) is 1. The Morgan fingerprint density at radius 2 is 1.88 bits per heavy atom. The number of ether oxygens (including phenoxy) is 1. The lowest BCUT2D eigenvalue weighted by molar-refractivity contribution is 0.415. The molecular weight excluding hydrogens is 318 g/mol. The van der Waals surface area contributed by atoms with E-state index in [-0.39, 0.29) is 0 Å². The van der Waals surface area contributed by atoms with E-state index in [2.05, 4.69) is 46.7 Å². The van der Waals surface area contributed by atoms with Gasteiger partial charge in [0.15, 0.2) is 0 Å². The van der Waals surface area contributed by atoms with E-state index in [0.717, 1.165) is 34.1 Å². The van der Waals surface area contributed by atoms with Crippen molar-refractivity contribution >= 4 is 22.7 Å². The topological polar surface area (TPSA) is 46.5 Å². The van der Waals surface area contributed by atoms with E-state index in [4.69, 9.17) is 4.74 Å². The van der Waals surface area contributed by atoms with Crippen molar-refractivity contribution in [1.29, 1.82) is 0 Å². The van der Waals surface area contributed by atoms with E-state index >= 15 is 0 Å². The van der Waals surface area contributed by atoms with Crippen LogP contribution in [0, 0.1) is 0 Å². The molecule has 5 heteroatoms. The molecule has 0 spiro atoms. The largest absolute Gasteiger partial charge is 0.497 e. The smallest absolute Gasteiger partial charge is 0.203 e. The van der Waals surface area contributed by atoms with E-state index in [1.54, 1.807) is 13.3 Å². The number of aromatic nitrogens is 1. The number of anilines is 1. The minimum absolute atomic E-state index is 0.766. The van der Waals surface area contributed by atoms with Crippen LogP contribution in [0.2, 0.25) is 0 Å². The van der Waals surface area contributed by atoms with Gasteiger partial charge in [-0.05, 0) is 41.8 Å². The molecule has 0 fully saturated rings. The second-order valence-electron chi connectivity index (χ2n) is 5.23. The summed E-state index contributed by atoms with van der Waals surface area (Å²) >= 11 is 1.53. The Balaban J connectivity index is 1.63. The third kappa shape index (κ3) is 4.00. The molecule has 3 aromatic rings. The maximum Gasteiger partial charge on any atom is 0.203 e. The van der Waals surface area contributed by atoms with Crippen molar-refractivity contribution in [2.45, 2.75) is 13.3 Å². The van der Waals surface area contributed by atoms with Crippen LogP contribution in [0.1, 0.15) is 18.1 Å². The van der Waals surface area contributed by atoms with Crippen molar-refractivity contribution < 1.29 is 4.74 Å². The van der Waals surface area contributed by atoms with Gasteiger partial charge in [-0.3, -0.25) is 5.43 Å². The Kier molecular flexibility index (Phi) is 5.23. The zero-order valence-electron chi connectivity index (χ0n) is 13.7. The number of hydrogen-bond acceptors (Lipinski definition) is 5. The summed E-state index contributed by atoms with van der Waals surface area (Å²) in [4.78, 5) is 4.55. The number of benzene rings is 2. The Hall–Kier alpha value is -2.66. The molecule has 0 aliphatic heterocycles. The molecule has 3 rings (SSSR count). The molecule has 24 heavy (non-hydrogen) atoms. The lowest BCUT2D eigenvalue weighted by Crippen LogP contribution is -1.90. The van der Waals surface area contributed by atoms with Crippen molar-refractivity contribution in [1.82, 2.24) is 4.98 Å². The molecule has 1 aromatic heterocycles. The SMILES string of the molecule is CCc1ccc(C=NNc2nc(-c3ccc(OC)cc3)cs2)cc1. The Labute approximate surface area is 145 Å². The van der Waals surface area contributed by atoms with Crippen LogP contribution in [0.5, 0.6) is 5.75 Å². The monoisotopic (exact) mass is 337 g/mol. The molecule has 1 N–H and O–H groups in total. The summed E-state index contributed by atoms with van der Waals surface area (Å²) in [5, 5.41) is 7.03. The Morgan fingerprint density at radius 3 is 2.54 bits per heavy atom. The fourth-order valence-corrected chi connectivity index (χ4v) is 2.89. The number of rotatable bonds is 6. The highest BCUT2D eigenvalue weighted by Gasteiger charge is 2.04. The van der Waals surface area contributed by atoms with Gasteiger partial charge in [0.05, 0.1) is 19.0 Å². The minimum atomic E-state index is 0.766. The second-order valence-corrected chi connectivity index (χ2v) is 6.09. The van der Waals surface area contributed by atoms with Crippen molar-refractivity contribution in [2.24, 2.45) is 5.10 Å². The first-order valence-electron chi connectivity index (χ1n) is 7.76. The van der Waals surface area contributed by atoms with Crippen molar-refractivity contribution in [3.63, 3.8) is 0 Å². The van der Waals surface area contributed by atoms with Gasteiger partial charge in [0.2, 0.25) is 5.13 Å². The molecule has 0 unspecified atom stereocenters. The zero-order chi connectivity index (χ0) is 16.8. The van der Waals surface area contributed by atoms with Gasteiger partial charge < -0.3 is 4.74 Å². The number of thiazole rings is 1. The van der Waals surface area contributed by atoms with Gasteiger partial charge in [0.1, 0.15) is 5.75 Å². The molecule has 0 saturated carbocycles.